The van der Waals surface area contributed by atoms with Crippen molar-refractivity contribution < 1.29 is 9.53 Å². The van der Waals surface area contributed by atoms with E-state index in [0.29, 0.717) is 11.8 Å². The summed E-state index contributed by atoms with van der Waals surface area (Å²) in [5.41, 5.74) is 0.484. The third-order valence-electron chi connectivity index (χ3n) is 7.96. The van der Waals surface area contributed by atoms with Gasteiger partial charge in [0.2, 0.25) is 0 Å². The number of carbonyl (C=O) groups is 1. The van der Waals surface area contributed by atoms with Crippen molar-refractivity contribution in [1.29, 1.82) is 0 Å². The van der Waals surface area contributed by atoms with Crippen molar-refractivity contribution in [1.82, 2.24) is 9.80 Å². The van der Waals surface area contributed by atoms with Crippen LogP contribution < -0.4 is 0 Å². The normalized spacial score (nSPS) is 27.9. The van der Waals surface area contributed by atoms with Crippen LogP contribution in [0.25, 0.3) is 0 Å². The zero-order chi connectivity index (χ0) is 24.7. The van der Waals surface area contributed by atoms with Crippen LogP contribution in [0.1, 0.15) is 83.2 Å². The lowest BCUT2D eigenvalue weighted by Gasteiger charge is -2.48. The van der Waals surface area contributed by atoms with Crippen LogP contribution >= 0.6 is 11.6 Å². The van der Waals surface area contributed by atoms with Crippen molar-refractivity contribution in [2.45, 2.75) is 89.3 Å². The Labute approximate surface area is 211 Å². The van der Waals surface area contributed by atoms with E-state index in [1.165, 1.54) is 25.5 Å². The van der Waals surface area contributed by atoms with Crippen molar-refractivity contribution in [3.8, 4) is 0 Å². The Morgan fingerprint density at radius 3 is 2.47 bits per heavy atom. The van der Waals surface area contributed by atoms with E-state index in [-0.39, 0.29) is 18.1 Å². The van der Waals surface area contributed by atoms with E-state index in [0.717, 1.165) is 56.5 Å². The van der Waals surface area contributed by atoms with Gasteiger partial charge >= 0.3 is 5.97 Å². The van der Waals surface area contributed by atoms with Gasteiger partial charge in [-0.15, -0.1) is 0 Å². The number of hydrogen-bond acceptors (Lipinski definition) is 5. The fraction of sp³-hybridized carbons (Fsp3) is 0.714. The van der Waals surface area contributed by atoms with Crippen molar-refractivity contribution >= 4 is 23.9 Å². The molecule has 1 fully saturated rings. The van der Waals surface area contributed by atoms with Gasteiger partial charge in [0.1, 0.15) is 0 Å². The van der Waals surface area contributed by atoms with Crippen molar-refractivity contribution in [2.24, 2.45) is 16.8 Å². The molecule has 2 aliphatic rings. The van der Waals surface area contributed by atoms with E-state index < -0.39 is 5.54 Å². The van der Waals surface area contributed by atoms with Crippen LogP contribution in [0.2, 0.25) is 5.02 Å². The average Bonchev–Trinajstić information content (AvgIpc) is 3.21. The molecule has 0 radical (unpaired) electrons. The van der Waals surface area contributed by atoms with Gasteiger partial charge in [-0.1, -0.05) is 69.7 Å². The maximum atomic E-state index is 13.4. The molecule has 1 aliphatic carbocycles. The summed E-state index contributed by atoms with van der Waals surface area (Å²) in [6.07, 6.45) is 11.6. The van der Waals surface area contributed by atoms with Gasteiger partial charge < -0.3 is 14.5 Å². The second kappa shape index (κ2) is 12.4. The van der Waals surface area contributed by atoms with E-state index in [1.807, 2.05) is 18.5 Å². The first-order chi connectivity index (χ1) is 16.4. The summed E-state index contributed by atoms with van der Waals surface area (Å²) < 4.78 is 5.44. The van der Waals surface area contributed by atoms with E-state index >= 15 is 0 Å². The number of nitrogens with zero attached hydrogens (tertiary/aromatic N) is 3. The first-order valence-electron chi connectivity index (χ1n) is 13.2. The lowest BCUT2D eigenvalue weighted by molar-refractivity contribution is -0.150. The first-order valence-corrected chi connectivity index (χ1v) is 13.6. The molecule has 5 nitrogen and oxygen atoms in total. The van der Waals surface area contributed by atoms with E-state index in [9.17, 15) is 4.79 Å². The highest BCUT2D eigenvalue weighted by atomic mass is 35.5. The predicted molar refractivity (Wildman–Crippen MR) is 141 cm³/mol. The molecule has 1 heterocycles. The molecule has 0 aromatic heterocycles. The summed E-state index contributed by atoms with van der Waals surface area (Å²) in [6.45, 7) is 5.34. The summed E-state index contributed by atoms with van der Waals surface area (Å²) in [4.78, 5) is 23.2. The number of esters is 1. The lowest BCUT2D eigenvalue weighted by Crippen LogP contribution is -2.58. The Kier molecular flexibility index (Phi) is 9.84. The predicted octanol–water partition coefficient (Wildman–Crippen LogP) is 6.36. The van der Waals surface area contributed by atoms with Crippen molar-refractivity contribution in [3.05, 3.63) is 34.9 Å². The molecule has 6 heteroatoms. The van der Waals surface area contributed by atoms with E-state index in [4.69, 9.17) is 21.3 Å². The van der Waals surface area contributed by atoms with Crippen LogP contribution in [0.4, 0.5) is 0 Å². The Morgan fingerprint density at radius 2 is 1.85 bits per heavy atom. The molecule has 1 saturated carbocycles. The van der Waals surface area contributed by atoms with E-state index in [1.54, 1.807) is 0 Å². The van der Waals surface area contributed by atoms with Gasteiger partial charge in [-0.05, 0) is 69.3 Å². The molecule has 1 aromatic rings. The summed E-state index contributed by atoms with van der Waals surface area (Å²) in [5, 5.41) is 0.764. The van der Waals surface area contributed by atoms with Gasteiger partial charge in [-0.2, -0.15) is 0 Å². The van der Waals surface area contributed by atoms with Gasteiger partial charge in [-0.3, -0.25) is 4.99 Å². The molecule has 0 saturated heterocycles. The van der Waals surface area contributed by atoms with E-state index in [2.05, 4.69) is 49.9 Å². The number of ether oxygens (including phenoxy) is 1. The van der Waals surface area contributed by atoms with Gasteiger partial charge in [0.05, 0.1) is 19.5 Å². The standard InChI is InChI=1S/C28H44ClN3O2/c1-6-8-18-28(27(33)34-5)26(32(20-30-28)19-9-7-2)24-13-11-10-12-23(24)25(31(3)4)21-14-16-22(29)17-15-21/h14-17,20,23-26H,6-13,18-19H2,1-5H3. The minimum atomic E-state index is -0.810. The molecule has 34 heavy (non-hydrogen) atoms. The van der Waals surface area contributed by atoms with Crippen LogP contribution in [0.5, 0.6) is 0 Å². The number of hydrogen-bond donors (Lipinski definition) is 0. The van der Waals surface area contributed by atoms with Gasteiger partial charge in [0.25, 0.3) is 0 Å². The molecular weight excluding hydrogens is 446 g/mol. The number of methoxy groups -OCH3 is 1. The Balaban J connectivity index is 2.06. The average molecular weight is 490 g/mol. The van der Waals surface area contributed by atoms with Crippen LogP contribution in [0.15, 0.2) is 29.3 Å². The molecule has 190 valence electrons. The van der Waals surface area contributed by atoms with Gasteiger partial charge in [-0.25, -0.2) is 4.79 Å². The highest BCUT2D eigenvalue weighted by Gasteiger charge is 2.56. The highest BCUT2D eigenvalue weighted by Crippen LogP contribution is 2.49. The Hall–Kier alpha value is -1.59. The van der Waals surface area contributed by atoms with Gasteiger partial charge in [0, 0.05) is 17.6 Å². The van der Waals surface area contributed by atoms with Crippen LogP contribution in [0.3, 0.4) is 0 Å². The molecule has 0 spiro atoms. The summed E-state index contributed by atoms with van der Waals surface area (Å²) in [5.74, 6) is 0.608. The minimum absolute atomic E-state index is 0.0399. The smallest absolute Gasteiger partial charge is 0.335 e. The van der Waals surface area contributed by atoms with Crippen LogP contribution in [0, 0.1) is 11.8 Å². The molecule has 0 amide bonds. The summed E-state index contributed by atoms with van der Waals surface area (Å²) in [6, 6.07) is 8.64. The molecule has 1 aromatic carbocycles. The zero-order valence-electron chi connectivity index (χ0n) is 21.8. The largest absolute Gasteiger partial charge is 0.467 e. The number of aliphatic imine (C=N–C) groups is 1. The molecule has 5 unspecified atom stereocenters. The maximum Gasteiger partial charge on any atom is 0.335 e. The van der Waals surface area contributed by atoms with Gasteiger partial charge in [0.15, 0.2) is 5.54 Å². The Morgan fingerprint density at radius 1 is 1.18 bits per heavy atom. The molecule has 3 rings (SSSR count). The number of rotatable bonds is 11. The Bertz CT molecular complexity index is 812. The fourth-order valence-corrected chi connectivity index (χ4v) is 6.53. The first kappa shape index (κ1) is 27.0. The number of carbonyl (C=O) groups excluding carboxylic acids is 1. The highest BCUT2D eigenvalue weighted by molar-refractivity contribution is 6.30. The molecule has 5 atom stereocenters. The molecule has 0 bridgehead atoms. The van der Waals surface area contributed by atoms with Crippen molar-refractivity contribution in [3.63, 3.8) is 0 Å². The maximum absolute atomic E-state index is 13.4. The van der Waals surface area contributed by atoms with Crippen molar-refractivity contribution in [2.75, 3.05) is 27.7 Å². The topological polar surface area (TPSA) is 45.1 Å². The third kappa shape index (κ3) is 5.62. The summed E-state index contributed by atoms with van der Waals surface area (Å²) >= 11 is 6.23. The molecule has 1 aliphatic heterocycles. The number of benzene rings is 1. The second-order valence-corrected chi connectivity index (χ2v) is 10.8. The van der Waals surface area contributed by atoms with Crippen LogP contribution in [-0.4, -0.2) is 61.4 Å². The second-order valence-electron chi connectivity index (χ2n) is 10.4. The fourth-order valence-electron chi connectivity index (χ4n) is 6.41. The SMILES string of the molecule is CCCCN1C=NC(CCCC)(C(=O)OC)C1C1CCCCC1C(c1ccc(Cl)cc1)N(C)C. The zero-order valence-corrected chi connectivity index (χ0v) is 22.6. The minimum Gasteiger partial charge on any atom is -0.467 e. The molecular formula is C28H44ClN3O2. The monoisotopic (exact) mass is 489 g/mol. The quantitative estimate of drug-likeness (QED) is 0.339. The lowest BCUT2D eigenvalue weighted by atomic mass is 9.65. The number of unbranched alkanes of at least 4 members (excludes halogenated alkanes) is 2. The number of halogens is 1. The van der Waals surface area contributed by atoms with Crippen LogP contribution in [-0.2, 0) is 9.53 Å². The third-order valence-corrected chi connectivity index (χ3v) is 8.21. The summed E-state index contributed by atoms with van der Waals surface area (Å²) in [7, 11) is 5.87. The molecule has 0 N–H and O–H groups in total.